The van der Waals surface area contributed by atoms with Crippen molar-refractivity contribution in [2.45, 2.75) is 13.8 Å². The van der Waals surface area contributed by atoms with E-state index in [1.807, 2.05) is 32.0 Å². The van der Waals surface area contributed by atoms with E-state index in [4.69, 9.17) is 0 Å². The van der Waals surface area contributed by atoms with Gasteiger partial charge >= 0.3 is 0 Å². The molecule has 0 saturated carbocycles. The largest absolute Gasteiger partial charge is 0.332 e. The Kier molecular flexibility index (Phi) is 10.7. The quantitative estimate of drug-likeness (QED) is 0.543. The third-order valence-corrected chi connectivity index (χ3v) is 1.10. The summed E-state index contributed by atoms with van der Waals surface area (Å²) in [5.74, 6) is -0.129. The van der Waals surface area contributed by atoms with Gasteiger partial charge in [0.25, 0.3) is 0 Å². The van der Waals surface area contributed by atoms with Crippen LogP contribution in [-0.4, -0.2) is 5.78 Å². The average Bonchev–Trinajstić information content (AvgIpc) is 2.10. The van der Waals surface area contributed by atoms with Crippen molar-refractivity contribution in [2.75, 3.05) is 0 Å². The number of hydrogen-bond donors (Lipinski definition) is 0. The molecule has 2 heteroatoms. The summed E-state index contributed by atoms with van der Waals surface area (Å²) < 4.78 is 0. The van der Waals surface area contributed by atoms with Crippen LogP contribution in [0.15, 0.2) is 30.3 Å². The van der Waals surface area contributed by atoms with Crippen LogP contribution in [0, 0.1) is 6.92 Å². The van der Waals surface area contributed by atoms with E-state index in [2.05, 4.69) is 6.92 Å². The molecule has 0 saturated heterocycles. The van der Waals surface area contributed by atoms with Gasteiger partial charge in [-0.05, 0) is 0 Å². The molecule has 63 valence electrons. The molecular weight excluding hydrogens is 225 g/mol. The first-order valence-corrected chi connectivity index (χ1v) is 3.72. The molecule has 1 aromatic carbocycles. The molecule has 1 radical (unpaired) electrons. The minimum Gasteiger partial charge on any atom is -0.332 e. The molecule has 1 aromatic rings. The first-order valence-electron chi connectivity index (χ1n) is 3.72. The van der Waals surface area contributed by atoms with Crippen LogP contribution in [0.1, 0.15) is 24.2 Å². The van der Waals surface area contributed by atoms with Gasteiger partial charge in [0.2, 0.25) is 0 Å². The summed E-state index contributed by atoms with van der Waals surface area (Å²) in [7, 11) is 0. The summed E-state index contributed by atoms with van der Waals surface area (Å²) in [6.45, 7) is 7.27. The van der Waals surface area contributed by atoms with Crippen LogP contribution in [0.25, 0.3) is 0 Å². The van der Waals surface area contributed by atoms with Crippen LogP contribution in [0.2, 0.25) is 0 Å². The summed E-state index contributed by atoms with van der Waals surface area (Å²) in [5, 5.41) is 0. The zero-order chi connectivity index (χ0) is 8.69. The maximum absolute atomic E-state index is 10.5. The number of rotatable bonds is 1. The van der Waals surface area contributed by atoms with Crippen molar-refractivity contribution in [1.82, 2.24) is 0 Å². The third-order valence-electron chi connectivity index (χ3n) is 1.10. The van der Waals surface area contributed by atoms with E-state index in [1.165, 1.54) is 0 Å². The summed E-state index contributed by atoms with van der Waals surface area (Å²) >= 11 is 0. The molecule has 1 rings (SSSR count). The van der Waals surface area contributed by atoms with Gasteiger partial charge in [0, 0.05) is 38.5 Å². The van der Waals surface area contributed by atoms with Gasteiger partial charge in [-0.1, -0.05) is 32.0 Å². The van der Waals surface area contributed by atoms with Crippen LogP contribution in [-0.2, 0) is 32.7 Å². The van der Waals surface area contributed by atoms with E-state index in [1.54, 1.807) is 12.1 Å². The second-order valence-corrected chi connectivity index (χ2v) is 1.79. The van der Waals surface area contributed by atoms with Crippen molar-refractivity contribution in [3.05, 3.63) is 42.8 Å². The molecule has 0 aromatic heterocycles. The monoisotopic (exact) mass is 238 g/mol. The fourth-order valence-electron chi connectivity index (χ4n) is 0.624. The van der Waals surface area contributed by atoms with Gasteiger partial charge in [0.1, 0.15) is 0 Å². The molecule has 1 nitrogen and oxygen atoms in total. The molecule has 0 spiro atoms. The van der Waals surface area contributed by atoms with Gasteiger partial charge in [-0.3, -0.25) is 0 Å². The van der Waals surface area contributed by atoms with Crippen molar-refractivity contribution < 1.29 is 37.5 Å². The summed E-state index contributed by atoms with van der Waals surface area (Å²) in [4.78, 5) is 10.5. The van der Waals surface area contributed by atoms with Crippen molar-refractivity contribution in [3.63, 3.8) is 0 Å². The number of carbonyl (C=O) groups is 1. The van der Waals surface area contributed by atoms with E-state index >= 15 is 0 Å². The molecule has 0 bridgehead atoms. The van der Waals surface area contributed by atoms with Crippen LogP contribution >= 0.6 is 0 Å². The molecule has 0 unspecified atom stereocenters. The van der Waals surface area contributed by atoms with Gasteiger partial charge < -0.3 is 4.79 Å². The Labute approximate surface area is 99.4 Å². The zero-order valence-corrected chi connectivity index (χ0v) is 10.4. The normalized spacial score (nSPS) is 7.17. The fourth-order valence-corrected chi connectivity index (χ4v) is 0.624. The topological polar surface area (TPSA) is 17.1 Å². The molecule has 0 aliphatic carbocycles. The van der Waals surface area contributed by atoms with Gasteiger partial charge in [-0.2, -0.15) is 6.92 Å². The van der Waals surface area contributed by atoms with E-state index in [0.717, 1.165) is 0 Å². The third kappa shape index (κ3) is 5.51. The standard InChI is InChI=1S/C8H7O.C2H6.Y/c1-7(9)8-5-3-2-4-6-8;1-2;/h2-6H,1H2;1-2H3;/q-1;;. The van der Waals surface area contributed by atoms with Crippen molar-refractivity contribution in [2.24, 2.45) is 0 Å². The van der Waals surface area contributed by atoms with Crippen LogP contribution in [0.3, 0.4) is 0 Å². The maximum atomic E-state index is 10.5. The molecule has 0 heterocycles. The van der Waals surface area contributed by atoms with Crippen LogP contribution in [0.4, 0.5) is 0 Å². The average molecular weight is 238 g/mol. The molecule has 0 aliphatic heterocycles. The smallest absolute Gasteiger partial charge is 0.0215 e. The van der Waals surface area contributed by atoms with Gasteiger partial charge in [-0.25, -0.2) is 0 Å². The SMILES string of the molecule is CC.[CH2-]C(=O)c1ccccc1.[Y]. The Morgan fingerprint density at radius 2 is 1.58 bits per heavy atom. The Hall–Kier alpha value is -0.136. The van der Waals surface area contributed by atoms with Crippen molar-refractivity contribution in [3.8, 4) is 0 Å². The molecule has 0 amide bonds. The molecule has 0 atom stereocenters. The first kappa shape index (κ1) is 14.4. The maximum Gasteiger partial charge on any atom is 0.0215 e. The van der Waals surface area contributed by atoms with E-state index in [9.17, 15) is 4.79 Å². The van der Waals surface area contributed by atoms with Crippen molar-refractivity contribution in [1.29, 1.82) is 0 Å². The molecule has 12 heavy (non-hydrogen) atoms. The second kappa shape index (κ2) is 8.96. The number of ketones is 1. The Morgan fingerprint density at radius 3 is 1.83 bits per heavy atom. The second-order valence-electron chi connectivity index (χ2n) is 1.79. The zero-order valence-electron chi connectivity index (χ0n) is 7.58. The summed E-state index contributed by atoms with van der Waals surface area (Å²) in [6, 6.07) is 8.99. The first-order chi connectivity index (χ1) is 5.30. The minimum atomic E-state index is -0.129. The molecule has 0 fully saturated rings. The Morgan fingerprint density at radius 1 is 1.17 bits per heavy atom. The van der Waals surface area contributed by atoms with Gasteiger partial charge in [-0.15, -0.1) is 17.7 Å². The summed E-state index contributed by atoms with van der Waals surface area (Å²) in [6.07, 6.45) is 0. The predicted molar refractivity (Wildman–Crippen MR) is 47.5 cm³/mol. The fraction of sp³-hybridized carbons (Fsp3) is 0.200. The number of hydrogen-bond acceptors (Lipinski definition) is 1. The number of carbonyl (C=O) groups excluding carboxylic acids is 1. The number of benzene rings is 1. The Bertz CT molecular complexity index is 206. The van der Waals surface area contributed by atoms with Crippen LogP contribution < -0.4 is 0 Å². The predicted octanol–water partition coefficient (Wildman–Crippen LogP) is 2.73. The summed E-state index contributed by atoms with van der Waals surface area (Å²) in [5.41, 5.74) is 0.664. The van der Waals surface area contributed by atoms with Crippen molar-refractivity contribution >= 4 is 5.78 Å². The molecule has 0 N–H and O–H groups in total. The van der Waals surface area contributed by atoms with Gasteiger partial charge in [0.05, 0.1) is 0 Å². The van der Waals surface area contributed by atoms with E-state index in [0.29, 0.717) is 5.56 Å². The number of Topliss-reactive ketones (excluding diaryl/α,β-unsaturated/α-hetero) is 1. The van der Waals surface area contributed by atoms with Gasteiger partial charge in [0.15, 0.2) is 0 Å². The molecular formula is C10H13OY-. The molecule has 0 aliphatic rings. The van der Waals surface area contributed by atoms with Crippen LogP contribution in [0.5, 0.6) is 0 Å². The Balaban J connectivity index is 0. The minimum absolute atomic E-state index is 0. The van der Waals surface area contributed by atoms with E-state index < -0.39 is 0 Å². The van der Waals surface area contributed by atoms with E-state index in [-0.39, 0.29) is 38.5 Å².